The molecule has 0 radical (unpaired) electrons. The van der Waals surface area contributed by atoms with E-state index in [1.807, 2.05) is 32.0 Å². The lowest BCUT2D eigenvalue weighted by molar-refractivity contribution is -0.131. The minimum Gasteiger partial charge on any atom is -0.276 e. The van der Waals surface area contributed by atoms with Crippen LogP contribution >= 0.6 is 0 Å². The summed E-state index contributed by atoms with van der Waals surface area (Å²) in [4.78, 5) is 42.1. The standard InChI is InChI=1S/C19H17N3O3/c1-12-7-9-14(10-8-12)22-18(24)15(17(23)21-19(22)25)11-20-16-6-4-3-5-13(16)2/h3-11,15H,1-2H3,(H,21,23,25)/t15-/m1/s1. The molecule has 25 heavy (non-hydrogen) atoms. The minimum atomic E-state index is -1.15. The van der Waals surface area contributed by atoms with Crippen molar-refractivity contribution in [2.75, 3.05) is 4.90 Å². The largest absolute Gasteiger partial charge is 0.335 e. The van der Waals surface area contributed by atoms with E-state index >= 15 is 0 Å². The molecule has 6 nitrogen and oxygen atoms in total. The Labute approximate surface area is 145 Å². The van der Waals surface area contributed by atoms with Crippen molar-refractivity contribution in [3.05, 3.63) is 59.7 Å². The van der Waals surface area contributed by atoms with Gasteiger partial charge >= 0.3 is 6.03 Å². The minimum absolute atomic E-state index is 0.412. The van der Waals surface area contributed by atoms with Gasteiger partial charge in [-0.25, -0.2) is 9.69 Å². The van der Waals surface area contributed by atoms with E-state index in [0.29, 0.717) is 11.4 Å². The summed E-state index contributed by atoms with van der Waals surface area (Å²) in [7, 11) is 0. The number of amides is 4. The topological polar surface area (TPSA) is 78.8 Å². The predicted octanol–water partition coefficient (Wildman–Crippen LogP) is 2.90. The van der Waals surface area contributed by atoms with E-state index in [-0.39, 0.29) is 0 Å². The number of hydrogen-bond donors (Lipinski definition) is 1. The van der Waals surface area contributed by atoms with Crippen molar-refractivity contribution < 1.29 is 14.4 Å². The summed E-state index contributed by atoms with van der Waals surface area (Å²) in [6.07, 6.45) is 1.29. The van der Waals surface area contributed by atoms with Crippen molar-refractivity contribution in [1.29, 1.82) is 0 Å². The fourth-order valence-corrected chi connectivity index (χ4v) is 2.52. The summed E-state index contributed by atoms with van der Waals surface area (Å²) in [6.45, 7) is 3.79. The van der Waals surface area contributed by atoms with E-state index in [4.69, 9.17) is 0 Å². The van der Waals surface area contributed by atoms with Crippen LogP contribution in [0.15, 0.2) is 53.5 Å². The van der Waals surface area contributed by atoms with E-state index in [2.05, 4.69) is 10.3 Å². The van der Waals surface area contributed by atoms with Crippen LogP contribution in [0.4, 0.5) is 16.2 Å². The lowest BCUT2D eigenvalue weighted by Crippen LogP contribution is -2.58. The second-order valence-corrected chi connectivity index (χ2v) is 5.85. The first-order chi connectivity index (χ1) is 12.0. The number of barbiturate groups is 1. The van der Waals surface area contributed by atoms with Gasteiger partial charge in [-0.15, -0.1) is 0 Å². The highest BCUT2D eigenvalue weighted by molar-refractivity contribution is 6.32. The van der Waals surface area contributed by atoms with Crippen LogP contribution in [-0.2, 0) is 9.59 Å². The molecule has 3 rings (SSSR count). The number of anilines is 1. The third-order valence-corrected chi connectivity index (χ3v) is 3.97. The first-order valence-electron chi connectivity index (χ1n) is 7.82. The molecular weight excluding hydrogens is 318 g/mol. The Hall–Kier alpha value is -3.28. The van der Waals surface area contributed by atoms with Crippen LogP contribution < -0.4 is 10.2 Å². The highest BCUT2D eigenvalue weighted by atomic mass is 16.2. The zero-order chi connectivity index (χ0) is 18.0. The summed E-state index contributed by atoms with van der Waals surface area (Å²) in [5, 5.41) is 2.21. The van der Waals surface area contributed by atoms with Gasteiger partial charge in [0.05, 0.1) is 11.4 Å². The summed E-state index contributed by atoms with van der Waals surface area (Å²) < 4.78 is 0. The van der Waals surface area contributed by atoms with Gasteiger partial charge in [-0.05, 0) is 37.6 Å². The Morgan fingerprint density at radius 2 is 1.68 bits per heavy atom. The van der Waals surface area contributed by atoms with Gasteiger partial charge in [-0.2, -0.15) is 0 Å². The SMILES string of the molecule is Cc1ccc(N2C(=O)NC(=O)[C@@H](C=Nc3ccccc3C)C2=O)cc1. The smallest absolute Gasteiger partial charge is 0.276 e. The number of hydrogen-bond acceptors (Lipinski definition) is 4. The third-order valence-electron chi connectivity index (χ3n) is 3.97. The molecule has 0 aliphatic carbocycles. The van der Waals surface area contributed by atoms with Crippen LogP contribution in [0.25, 0.3) is 0 Å². The monoisotopic (exact) mass is 335 g/mol. The normalized spacial score (nSPS) is 17.9. The molecule has 0 spiro atoms. The van der Waals surface area contributed by atoms with Crippen molar-refractivity contribution in [3.8, 4) is 0 Å². The highest BCUT2D eigenvalue weighted by Gasteiger charge is 2.40. The van der Waals surface area contributed by atoms with Gasteiger partial charge in [-0.3, -0.25) is 19.9 Å². The van der Waals surface area contributed by atoms with E-state index < -0.39 is 23.8 Å². The number of nitrogens with one attached hydrogen (secondary N) is 1. The second-order valence-electron chi connectivity index (χ2n) is 5.85. The maximum atomic E-state index is 12.7. The van der Waals surface area contributed by atoms with Gasteiger partial charge in [0, 0.05) is 6.21 Å². The molecule has 6 heteroatoms. The van der Waals surface area contributed by atoms with Crippen molar-refractivity contribution in [3.63, 3.8) is 0 Å². The van der Waals surface area contributed by atoms with E-state index in [1.165, 1.54) is 6.21 Å². The molecule has 1 saturated heterocycles. The van der Waals surface area contributed by atoms with E-state index in [0.717, 1.165) is 16.0 Å². The molecule has 1 heterocycles. The number of aliphatic imine (C=N–C) groups is 1. The molecule has 1 fully saturated rings. The van der Waals surface area contributed by atoms with Gasteiger partial charge < -0.3 is 0 Å². The lowest BCUT2D eigenvalue weighted by Gasteiger charge is -2.28. The van der Waals surface area contributed by atoms with Gasteiger partial charge in [0.15, 0.2) is 5.92 Å². The fourth-order valence-electron chi connectivity index (χ4n) is 2.52. The number of imide groups is 2. The van der Waals surface area contributed by atoms with Gasteiger partial charge in [0.25, 0.3) is 5.91 Å². The molecule has 4 amide bonds. The number of urea groups is 1. The van der Waals surface area contributed by atoms with E-state index in [9.17, 15) is 14.4 Å². The molecule has 1 aliphatic heterocycles. The molecule has 1 aliphatic rings. The van der Waals surface area contributed by atoms with Gasteiger partial charge in [-0.1, -0.05) is 35.9 Å². The molecule has 0 bridgehead atoms. The Bertz CT molecular complexity index is 872. The second kappa shape index (κ2) is 6.68. The molecule has 0 unspecified atom stereocenters. The van der Waals surface area contributed by atoms with Crippen molar-refractivity contribution >= 4 is 35.4 Å². The third kappa shape index (κ3) is 3.33. The molecule has 126 valence electrons. The van der Waals surface area contributed by atoms with Crippen LogP contribution in [0.1, 0.15) is 11.1 Å². The van der Waals surface area contributed by atoms with Crippen molar-refractivity contribution in [2.24, 2.45) is 10.9 Å². The highest BCUT2D eigenvalue weighted by Crippen LogP contribution is 2.22. The number of para-hydroxylation sites is 1. The maximum absolute atomic E-state index is 12.7. The summed E-state index contributed by atoms with van der Waals surface area (Å²) >= 11 is 0. The quantitative estimate of drug-likeness (QED) is 0.692. The number of nitrogens with zero attached hydrogens (tertiary/aromatic N) is 2. The Kier molecular flexibility index (Phi) is 4.43. The molecule has 1 atom stereocenters. The summed E-state index contributed by atoms with van der Waals surface area (Å²) in [6, 6.07) is 13.5. The first kappa shape index (κ1) is 16.6. The number of rotatable bonds is 3. The predicted molar refractivity (Wildman–Crippen MR) is 95.0 cm³/mol. The van der Waals surface area contributed by atoms with Crippen LogP contribution in [-0.4, -0.2) is 24.1 Å². The van der Waals surface area contributed by atoms with Gasteiger partial charge in [0.2, 0.25) is 5.91 Å². The molecule has 1 N–H and O–H groups in total. The summed E-state index contributed by atoms with van der Waals surface area (Å²) in [5.74, 6) is -2.44. The number of carbonyl (C=O) groups is 3. The molecule has 0 aromatic heterocycles. The van der Waals surface area contributed by atoms with Crippen LogP contribution in [0.2, 0.25) is 0 Å². The zero-order valence-electron chi connectivity index (χ0n) is 13.9. The fraction of sp³-hybridized carbons (Fsp3) is 0.158. The number of benzene rings is 2. The van der Waals surface area contributed by atoms with Crippen molar-refractivity contribution in [2.45, 2.75) is 13.8 Å². The van der Waals surface area contributed by atoms with Gasteiger partial charge in [0.1, 0.15) is 0 Å². The first-order valence-corrected chi connectivity index (χ1v) is 7.82. The van der Waals surface area contributed by atoms with Crippen LogP contribution in [0.3, 0.4) is 0 Å². The number of carbonyl (C=O) groups excluding carboxylic acids is 3. The Morgan fingerprint density at radius 1 is 1.00 bits per heavy atom. The van der Waals surface area contributed by atoms with Crippen LogP contribution in [0.5, 0.6) is 0 Å². The van der Waals surface area contributed by atoms with E-state index in [1.54, 1.807) is 30.3 Å². The Balaban J connectivity index is 1.90. The molecule has 0 saturated carbocycles. The average molecular weight is 335 g/mol. The lowest BCUT2D eigenvalue weighted by atomic mass is 10.1. The summed E-state index contributed by atoms with van der Waals surface area (Å²) in [5.41, 5.74) is 3.01. The van der Waals surface area contributed by atoms with Crippen molar-refractivity contribution in [1.82, 2.24) is 5.32 Å². The number of aryl methyl sites for hydroxylation is 2. The maximum Gasteiger partial charge on any atom is 0.335 e. The molecule has 2 aromatic rings. The molecule has 2 aromatic carbocycles. The zero-order valence-corrected chi connectivity index (χ0v) is 13.9. The Morgan fingerprint density at radius 3 is 2.36 bits per heavy atom. The van der Waals surface area contributed by atoms with Crippen LogP contribution in [0, 0.1) is 19.8 Å². The average Bonchev–Trinajstić information content (AvgIpc) is 2.57. The molecular formula is C19H17N3O3.